The van der Waals surface area contributed by atoms with Crippen molar-refractivity contribution in [1.29, 1.82) is 0 Å². The van der Waals surface area contributed by atoms with Crippen molar-refractivity contribution in [2.45, 2.75) is 20.0 Å². The Kier molecular flexibility index (Phi) is 6.45. The Morgan fingerprint density at radius 1 is 1.19 bits per heavy atom. The largest absolute Gasteiger partial charge is 0.486 e. The summed E-state index contributed by atoms with van der Waals surface area (Å²) >= 11 is 8.32. The molecule has 2 aromatic carbocycles. The average Bonchev–Trinajstić information content (AvgIpc) is 3.05. The first kappa shape index (κ1) is 19.1. The van der Waals surface area contributed by atoms with Crippen LogP contribution in [0.5, 0.6) is 5.75 Å². The summed E-state index contributed by atoms with van der Waals surface area (Å²) in [6.45, 7) is 2.43. The van der Waals surface area contributed by atoms with Crippen LogP contribution >= 0.6 is 43.2 Å². The number of carbonyl (C=O) groups is 1. The molecule has 0 bridgehead atoms. The Morgan fingerprint density at radius 2 is 1.96 bits per heavy atom. The van der Waals surface area contributed by atoms with Crippen molar-refractivity contribution < 1.29 is 9.53 Å². The van der Waals surface area contributed by atoms with Crippen LogP contribution in [0, 0.1) is 6.92 Å². The van der Waals surface area contributed by atoms with E-state index in [2.05, 4.69) is 42.2 Å². The smallest absolute Gasteiger partial charge is 0.230 e. The number of hydrogen-bond acceptors (Lipinski definition) is 4. The minimum Gasteiger partial charge on any atom is -0.486 e. The van der Waals surface area contributed by atoms with Crippen molar-refractivity contribution in [2.75, 3.05) is 5.32 Å². The number of rotatable bonds is 6. The molecule has 4 nitrogen and oxygen atoms in total. The molecule has 1 heterocycles. The van der Waals surface area contributed by atoms with Gasteiger partial charge in [-0.2, -0.15) is 0 Å². The van der Waals surface area contributed by atoms with Gasteiger partial charge >= 0.3 is 0 Å². The minimum atomic E-state index is -0.111. The van der Waals surface area contributed by atoms with Crippen LogP contribution in [0.25, 0.3) is 0 Å². The van der Waals surface area contributed by atoms with Gasteiger partial charge in [0.1, 0.15) is 17.4 Å². The van der Waals surface area contributed by atoms with E-state index in [1.54, 1.807) is 0 Å². The zero-order chi connectivity index (χ0) is 18.5. The van der Waals surface area contributed by atoms with Crippen LogP contribution in [0.15, 0.2) is 56.8 Å². The fourth-order valence-corrected chi connectivity index (χ4v) is 3.64. The molecule has 1 aromatic heterocycles. The molecule has 3 rings (SSSR count). The summed E-state index contributed by atoms with van der Waals surface area (Å²) in [6.07, 6.45) is 0.222. The summed E-state index contributed by atoms with van der Waals surface area (Å²) in [5.41, 5.74) is 2.65. The lowest BCUT2D eigenvalue weighted by atomic mass is 10.2. The Hall–Kier alpha value is -1.70. The van der Waals surface area contributed by atoms with E-state index in [0.717, 1.165) is 31.1 Å². The first-order valence-electron chi connectivity index (χ1n) is 7.87. The zero-order valence-electron chi connectivity index (χ0n) is 14.0. The van der Waals surface area contributed by atoms with Gasteiger partial charge in [0, 0.05) is 14.3 Å². The summed E-state index contributed by atoms with van der Waals surface area (Å²) < 4.78 is 7.46. The van der Waals surface area contributed by atoms with Crippen LogP contribution in [0.1, 0.15) is 16.3 Å². The van der Waals surface area contributed by atoms with E-state index in [1.165, 1.54) is 16.9 Å². The molecule has 134 valence electrons. The summed E-state index contributed by atoms with van der Waals surface area (Å²) in [7, 11) is 0. The molecule has 0 fully saturated rings. The number of ether oxygens (including phenoxy) is 1. The molecule has 1 N–H and O–H groups in total. The summed E-state index contributed by atoms with van der Waals surface area (Å²) in [5.74, 6) is 0.699. The van der Waals surface area contributed by atoms with Gasteiger partial charge < -0.3 is 10.1 Å². The van der Waals surface area contributed by atoms with Crippen LogP contribution in [0.4, 0.5) is 5.69 Å². The molecule has 0 unspecified atom stereocenters. The van der Waals surface area contributed by atoms with Crippen molar-refractivity contribution in [3.63, 3.8) is 0 Å². The second-order valence-corrected chi connectivity index (χ2v) is 8.40. The Bertz CT molecular complexity index is 910. The zero-order valence-corrected chi connectivity index (χ0v) is 17.9. The number of carbonyl (C=O) groups excluding carboxylic acids is 1. The van der Waals surface area contributed by atoms with Gasteiger partial charge in [0.15, 0.2) is 0 Å². The van der Waals surface area contributed by atoms with E-state index < -0.39 is 0 Å². The van der Waals surface area contributed by atoms with E-state index in [1.807, 2.05) is 54.8 Å². The molecule has 0 aliphatic rings. The number of benzene rings is 2. The number of nitrogens with one attached hydrogen (secondary N) is 1. The Balaban J connectivity index is 1.55. The summed E-state index contributed by atoms with van der Waals surface area (Å²) in [6, 6.07) is 13.5. The van der Waals surface area contributed by atoms with Gasteiger partial charge in [-0.25, -0.2) is 4.98 Å². The molecule has 1 amide bonds. The van der Waals surface area contributed by atoms with Crippen molar-refractivity contribution in [2.24, 2.45) is 0 Å². The van der Waals surface area contributed by atoms with Gasteiger partial charge in [0.25, 0.3) is 0 Å². The van der Waals surface area contributed by atoms with Gasteiger partial charge in [-0.1, -0.05) is 33.6 Å². The Morgan fingerprint density at radius 3 is 2.73 bits per heavy atom. The molecule has 26 heavy (non-hydrogen) atoms. The number of aryl methyl sites for hydroxylation is 1. The van der Waals surface area contributed by atoms with Crippen LogP contribution in [-0.4, -0.2) is 10.9 Å². The van der Waals surface area contributed by atoms with E-state index in [-0.39, 0.29) is 12.3 Å². The summed E-state index contributed by atoms with van der Waals surface area (Å²) in [4.78, 5) is 16.7. The average molecular weight is 496 g/mol. The number of anilines is 1. The van der Waals surface area contributed by atoms with Crippen LogP contribution < -0.4 is 10.1 Å². The number of amides is 1. The van der Waals surface area contributed by atoms with Crippen molar-refractivity contribution >= 4 is 54.8 Å². The first-order valence-corrected chi connectivity index (χ1v) is 10.3. The molecule has 7 heteroatoms. The van der Waals surface area contributed by atoms with Crippen molar-refractivity contribution in [3.05, 3.63) is 73.1 Å². The van der Waals surface area contributed by atoms with E-state index in [9.17, 15) is 4.79 Å². The monoisotopic (exact) mass is 494 g/mol. The molecule has 0 radical (unpaired) electrons. The standard InChI is InChI=1S/C19H16Br2N2O2S/c1-12-2-5-15(6-3-12)25-10-19-22-14(11-26-19)9-18(24)23-17-8-13(20)4-7-16(17)21/h2-8,11H,9-10H2,1H3,(H,23,24). The molecule has 0 aliphatic carbocycles. The van der Waals surface area contributed by atoms with Crippen LogP contribution in [0.2, 0.25) is 0 Å². The van der Waals surface area contributed by atoms with Crippen LogP contribution in [-0.2, 0) is 17.8 Å². The number of aromatic nitrogens is 1. The highest BCUT2D eigenvalue weighted by Crippen LogP contribution is 2.26. The predicted molar refractivity (Wildman–Crippen MR) is 112 cm³/mol. The maximum absolute atomic E-state index is 12.3. The quantitative estimate of drug-likeness (QED) is 0.474. The van der Waals surface area contributed by atoms with Gasteiger partial charge in [-0.15, -0.1) is 11.3 Å². The second kappa shape index (κ2) is 8.79. The van der Waals surface area contributed by atoms with Crippen molar-refractivity contribution in [3.8, 4) is 5.75 Å². The first-order chi connectivity index (χ1) is 12.5. The van der Waals surface area contributed by atoms with E-state index in [0.29, 0.717) is 6.61 Å². The fraction of sp³-hybridized carbons (Fsp3) is 0.158. The normalized spacial score (nSPS) is 10.6. The third-order valence-corrected chi connectivity index (χ3v) is 5.58. The third kappa shape index (κ3) is 5.40. The lowest BCUT2D eigenvalue weighted by Crippen LogP contribution is -2.15. The minimum absolute atomic E-state index is 0.111. The molecule has 0 aliphatic heterocycles. The molecular weight excluding hydrogens is 480 g/mol. The third-order valence-electron chi connectivity index (χ3n) is 3.53. The number of nitrogens with zero attached hydrogens (tertiary/aromatic N) is 1. The van der Waals surface area contributed by atoms with Crippen LogP contribution in [0.3, 0.4) is 0 Å². The number of thiazole rings is 1. The highest BCUT2D eigenvalue weighted by atomic mass is 79.9. The molecule has 0 atom stereocenters. The molecule has 3 aromatic rings. The van der Waals surface area contributed by atoms with Gasteiger partial charge in [-0.3, -0.25) is 4.79 Å². The maximum Gasteiger partial charge on any atom is 0.230 e. The highest BCUT2D eigenvalue weighted by molar-refractivity contribution is 9.11. The van der Waals surface area contributed by atoms with Gasteiger partial charge in [0.05, 0.1) is 17.8 Å². The Labute approximate surface area is 172 Å². The summed E-state index contributed by atoms with van der Waals surface area (Å²) in [5, 5.41) is 5.63. The maximum atomic E-state index is 12.3. The lowest BCUT2D eigenvalue weighted by Gasteiger charge is -2.07. The number of hydrogen-bond donors (Lipinski definition) is 1. The highest BCUT2D eigenvalue weighted by Gasteiger charge is 2.10. The predicted octanol–water partition coefficient (Wildman–Crippen LogP) is 5.74. The molecule has 0 saturated carbocycles. The van der Waals surface area contributed by atoms with Gasteiger partial charge in [0.2, 0.25) is 5.91 Å². The molecular formula is C19H16Br2N2O2S. The number of halogens is 2. The fourth-order valence-electron chi connectivity index (χ4n) is 2.23. The topological polar surface area (TPSA) is 51.2 Å². The second-order valence-electron chi connectivity index (χ2n) is 5.68. The molecule has 0 spiro atoms. The van der Waals surface area contributed by atoms with Crippen molar-refractivity contribution in [1.82, 2.24) is 4.98 Å². The van der Waals surface area contributed by atoms with E-state index >= 15 is 0 Å². The van der Waals surface area contributed by atoms with E-state index in [4.69, 9.17) is 4.74 Å². The van der Waals surface area contributed by atoms with Gasteiger partial charge in [-0.05, 0) is 53.2 Å². The molecule has 0 saturated heterocycles. The lowest BCUT2D eigenvalue weighted by molar-refractivity contribution is -0.115. The SMILES string of the molecule is Cc1ccc(OCc2nc(CC(=O)Nc3cc(Br)ccc3Br)cs2)cc1.